The minimum Gasteiger partial charge on any atom is -0.491 e. The Hall–Kier alpha value is -2.74. The van der Waals surface area contributed by atoms with E-state index in [-0.39, 0.29) is 36.4 Å². The SMILES string of the molecule is CC(C)(C)c1ccc2c(c1)N(S(C)(=O)=O)C[C@H](C(=O)NCCOc1ccccc1C(C)(C)C)O2. The highest BCUT2D eigenvalue weighted by atomic mass is 32.2. The molecule has 186 valence electrons. The first kappa shape index (κ1) is 25.9. The molecule has 0 radical (unpaired) electrons. The van der Waals surface area contributed by atoms with E-state index in [1.165, 1.54) is 4.31 Å². The molecule has 0 bridgehead atoms. The van der Waals surface area contributed by atoms with E-state index in [1.54, 1.807) is 6.07 Å². The van der Waals surface area contributed by atoms with E-state index < -0.39 is 16.1 Å². The number of amides is 1. The largest absolute Gasteiger partial charge is 0.491 e. The summed E-state index contributed by atoms with van der Waals surface area (Å²) in [6.45, 7) is 13.0. The van der Waals surface area contributed by atoms with Crippen LogP contribution in [0.5, 0.6) is 11.5 Å². The molecule has 8 heteroatoms. The molecule has 1 aliphatic heterocycles. The summed E-state index contributed by atoms with van der Waals surface area (Å²) in [5, 5.41) is 2.81. The third-order valence-corrected chi connectivity index (χ3v) is 6.89. The van der Waals surface area contributed by atoms with Crippen molar-refractivity contribution in [2.24, 2.45) is 0 Å². The lowest BCUT2D eigenvalue weighted by molar-refractivity contribution is -0.127. The zero-order chi connectivity index (χ0) is 25.3. The first-order chi connectivity index (χ1) is 15.7. The molecule has 0 spiro atoms. The van der Waals surface area contributed by atoms with Crippen molar-refractivity contribution >= 4 is 21.6 Å². The summed E-state index contributed by atoms with van der Waals surface area (Å²) < 4.78 is 38.1. The molecule has 1 atom stereocenters. The Labute approximate surface area is 203 Å². The molecule has 0 fully saturated rings. The lowest BCUT2D eigenvalue weighted by Gasteiger charge is -2.35. The Morgan fingerprint density at radius 3 is 2.38 bits per heavy atom. The average Bonchev–Trinajstić information content (AvgIpc) is 2.73. The standard InChI is InChI=1S/C26H36N2O5S/c1-25(2,3)18-12-13-22-20(16-18)28(34(7,30)31)17-23(33-22)24(29)27-14-15-32-21-11-9-8-10-19(21)26(4,5)6/h8-13,16,23H,14-15,17H2,1-7H3,(H,27,29)/t23-/m1/s1. The van der Waals surface area contributed by atoms with Crippen LogP contribution in [-0.4, -0.2) is 46.4 Å². The van der Waals surface area contributed by atoms with Gasteiger partial charge < -0.3 is 14.8 Å². The van der Waals surface area contributed by atoms with Crippen molar-refractivity contribution in [1.29, 1.82) is 0 Å². The van der Waals surface area contributed by atoms with Gasteiger partial charge in [-0.2, -0.15) is 0 Å². The Balaban J connectivity index is 1.68. The average molecular weight is 489 g/mol. The molecule has 0 unspecified atom stereocenters. The molecular weight excluding hydrogens is 452 g/mol. The van der Waals surface area contributed by atoms with E-state index >= 15 is 0 Å². The van der Waals surface area contributed by atoms with Gasteiger partial charge in [0, 0.05) is 0 Å². The third kappa shape index (κ3) is 6.03. The summed E-state index contributed by atoms with van der Waals surface area (Å²) in [5.74, 6) is 0.775. The maximum atomic E-state index is 12.8. The van der Waals surface area contributed by atoms with Crippen molar-refractivity contribution in [3.05, 3.63) is 53.6 Å². The van der Waals surface area contributed by atoms with Gasteiger partial charge in [0.15, 0.2) is 6.10 Å². The maximum absolute atomic E-state index is 12.8. The van der Waals surface area contributed by atoms with Gasteiger partial charge in [0.25, 0.3) is 5.91 Å². The van der Waals surface area contributed by atoms with Crippen LogP contribution in [0.3, 0.4) is 0 Å². The zero-order valence-electron chi connectivity index (χ0n) is 21.1. The number of benzene rings is 2. The van der Waals surface area contributed by atoms with Crippen LogP contribution >= 0.6 is 0 Å². The number of hydrogen-bond acceptors (Lipinski definition) is 5. The molecule has 34 heavy (non-hydrogen) atoms. The molecule has 0 aromatic heterocycles. The van der Waals surface area contributed by atoms with Gasteiger partial charge >= 0.3 is 0 Å². The van der Waals surface area contributed by atoms with Crippen molar-refractivity contribution in [1.82, 2.24) is 5.32 Å². The highest BCUT2D eigenvalue weighted by Gasteiger charge is 2.35. The van der Waals surface area contributed by atoms with Crippen LogP contribution in [0.25, 0.3) is 0 Å². The second-order valence-electron chi connectivity index (χ2n) is 10.7. The second kappa shape index (κ2) is 9.49. The molecule has 1 heterocycles. The van der Waals surface area contributed by atoms with Crippen molar-refractivity contribution in [3.8, 4) is 11.5 Å². The van der Waals surface area contributed by atoms with Crippen LogP contribution in [-0.2, 0) is 25.6 Å². The highest BCUT2D eigenvalue weighted by Crippen LogP contribution is 2.38. The van der Waals surface area contributed by atoms with Gasteiger partial charge in [-0.15, -0.1) is 0 Å². The summed E-state index contributed by atoms with van der Waals surface area (Å²) in [5.41, 5.74) is 2.32. The van der Waals surface area contributed by atoms with Crippen LogP contribution in [0, 0.1) is 0 Å². The number of anilines is 1. The summed E-state index contributed by atoms with van der Waals surface area (Å²) in [6.07, 6.45) is 0.186. The number of carbonyl (C=O) groups is 1. The molecule has 3 rings (SSSR count). The predicted octanol–water partition coefficient (Wildman–Crippen LogP) is 4.00. The van der Waals surface area contributed by atoms with Gasteiger partial charge in [-0.05, 0) is 40.2 Å². The number of ether oxygens (including phenoxy) is 2. The first-order valence-electron chi connectivity index (χ1n) is 11.5. The number of para-hydroxylation sites is 1. The molecule has 2 aromatic rings. The summed E-state index contributed by atoms with van der Waals surface area (Å²) in [7, 11) is -3.60. The van der Waals surface area contributed by atoms with Crippen LogP contribution in [0.2, 0.25) is 0 Å². The second-order valence-corrected chi connectivity index (χ2v) is 12.6. The zero-order valence-corrected chi connectivity index (χ0v) is 22.0. The molecule has 1 N–H and O–H groups in total. The van der Waals surface area contributed by atoms with Crippen LogP contribution in [0.4, 0.5) is 5.69 Å². The van der Waals surface area contributed by atoms with Gasteiger partial charge in [0.1, 0.15) is 18.1 Å². The van der Waals surface area contributed by atoms with Gasteiger partial charge in [-0.1, -0.05) is 65.8 Å². The van der Waals surface area contributed by atoms with Crippen LogP contribution < -0.4 is 19.1 Å². The van der Waals surface area contributed by atoms with E-state index in [0.717, 1.165) is 23.1 Å². The summed E-state index contributed by atoms with van der Waals surface area (Å²) >= 11 is 0. The molecule has 0 saturated carbocycles. The lowest BCUT2D eigenvalue weighted by atomic mass is 9.86. The fourth-order valence-corrected chi connectivity index (χ4v) is 4.74. The molecule has 7 nitrogen and oxygen atoms in total. The minimum atomic E-state index is -3.60. The topological polar surface area (TPSA) is 84.9 Å². The van der Waals surface area contributed by atoms with Crippen molar-refractivity contribution in [2.75, 3.05) is 30.3 Å². The Morgan fingerprint density at radius 2 is 1.76 bits per heavy atom. The van der Waals surface area contributed by atoms with Gasteiger partial charge in [0.2, 0.25) is 10.0 Å². The molecule has 0 aliphatic carbocycles. The van der Waals surface area contributed by atoms with E-state index in [0.29, 0.717) is 11.4 Å². The number of nitrogens with zero attached hydrogens (tertiary/aromatic N) is 1. The fourth-order valence-electron chi connectivity index (χ4n) is 3.83. The molecule has 1 aliphatic rings. The monoisotopic (exact) mass is 488 g/mol. The quantitative estimate of drug-likeness (QED) is 0.621. The molecule has 2 aromatic carbocycles. The normalized spacial score (nSPS) is 16.4. The number of rotatable bonds is 6. The van der Waals surface area contributed by atoms with Gasteiger partial charge in [0.05, 0.1) is 25.0 Å². The Bertz CT molecular complexity index is 1150. The van der Waals surface area contributed by atoms with Crippen LogP contribution in [0.15, 0.2) is 42.5 Å². The van der Waals surface area contributed by atoms with Gasteiger partial charge in [-0.3, -0.25) is 9.10 Å². The third-order valence-electron chi connectivity index (χ3n) is 5.74. The first-order valence-corrected chi connectivity index (χ1v) is 13.3. The van der Waals surface area contributed by atoms with E-state index in [4.69, 9.17) is 9.47 Å². The highest BCUT2D eigenvalue weighted by molar-refractivity contribution is 7.92. The fraction of sp³-hybridized carbons (Fsp3) is 0.500. The number of fused-ring (bicyclic) bond motifs is 1. The van der Waals surface area contributed by atoms with Crippen molar-refractivity contribution in [2.45, 2.75) is 58.5 Å². The Morgan fingerprint density at radius 1 is 1.09 bits per heavy atom. The number of hydrogen-bond donors (Lipinski definition) is 1. The van der Waals surface area contributed by atoms with Gasteiger partial charge in [-0.25, -0.2) is 8.42 Å². The van der Waals surface area contributed by atoms with E-state index in [9.17, 15) is 13.2 Å². The van der Waals surface area contributed by atoms with E-state index in [1.807, 2.05) is 36.4 Å². The van der Waals surface area contributed by atoms with E-state index in [2.05, 4.69) is 46.9 Å². The Kier molecular flexibility index (Phi) is 7.22. The molecule has 0 saturated heterocycles. The van der Waals surface area contributed by atoms with Crippen LogP contribution in [0.1, 0.15) is 52.7 Å². The number of nitrogens with one attached hydrogen (secondary N) is 1. The minimum absolute atomic E-state index is 0.0644. The number of carbonyl (C=O) groups excluding carboxylic acids is 1. The molecule has 1 amide bonds. The number of sulfonamides is 1. The maximum Gasteiger partial charge on any atom is 0.263 e. The van der Waals surface area contributed by atoms with Crippen molar-refractivity contribution in [3.63, 3.8) is 0 Å². The summed E-state index contributed by atoms with van der Waals surface area (Å²) in [4.78, 5) is 12.8. The predicted molar refractivity (Wildman–Crippen MR) is 135 cm³/mol. The molecular formula is C26H36N2O5S. The van der Waals surface area contributed by atoms with Crippen molar-refractivity contribution < 1.29 is 22.7 Å². The smallest absolute Gasteiger partial charge is 0.263 e. The summed E-state index contributed by atoms with van der Waals surface area (Å²) in [6, 6.07) is 13.3. The lowest BCUT2D eigenvalue weighted by Crippen LogP contribution is -2.51.